The Hall–Kier alpha value is -2.78. The Labute approximate surface area is 212 Å². The van der Waals surface area contributed by atoms with Crippen molar-refractivity contribution in [3.05, 3.63) is 63.2 Å². The quantitative estimate of drug-likeness (QED) is 0.524. The molecule has 2 aliphatic heterocycles. The van der Waals surface area contributed by atoms with Gasteiger partial charge < -0.3 is 19.9 Å². The van der Waals surface area contributed by atoms with E-state index in [1.54, 1.807) is 0 Å². The van der Waals surface area contributed by atoms with Crippen LogP contribution in [0.25, 0.3) is 0 Å². The molecule has 34 heavy (non-hydrogen) atoms. The molecule has 0 saturated carbocycles. The number of aromatic nitrogens is 2. The van der Waals surface area contributed by atoms with Crippen LogP contribution in [0.4, 0.5) is 23.0 Å². The average Bonchev–Trinajstić information content (AvgIpc) is 2.81. The van der Waals surface area contributed by atoms with Gasteiger partial charge in [0.15, 0.2) is 6.73 Å². The molecule has 1 aromatic heterocycles. The summed E-state index contributed by atoms with van der Waals surface area (Å²) in [6.45, 7) is 4.02. The largest absolute Gasteiger partial charge is 0.455 e. The van der Waals surface area contributed by atoms with Gasteiger partial charge >= 0.3 is 0 Å². The number of anilines is 4. The number of halogens is 3. The maximum Gasteiger partial charge on any atom is 0.268 e. The molecule has 5 rings (SSSR count). The van der Waals surface area contributed by atoms with Crippen LogP contribution in [0.15, 0.2) is 42.6 Å². The molecule has 1 amide bonds. The van der Waals surface area contributed by atoms with Crippen LogP contribution < -0.4 is 19.9 Å². The van der Waals surface area contributed by atoms with Gasteiger partial charge in [0.05, 0.1) is 15.7 Å². The second kappa shape index (κ2) is 9.46. The van der Waals surface area contributed by atoms with Crippen molar-refractivity contribution in [2.24, 2.45) is 0 Å². The number of nitrogens with one attached hydrogen (secondary N) is 1. The Balaban J connectivity index is 1.31. The highest BCUT2D eigenvalue weighted by Crippen LogP contribution is 2.39. The third-order valence-electron chi connectivity index (χ3n) is 5.80. The third-order valence-corrected chi connectivity index (χ3v) is 6.60. The number of carbonyl (C=O) groups excluding carboxylic acids is 1. The molecule has 3 aromatic rings. The number of fused-ring (bicyclic) bond motifs is 1. The predicted octanol–water partition coefficient (Wildman–Crippen LogP) is 4.93. The zero-order chi connectivity index (χ0) is 23.8. The highest BCUT2D eigenvalue weighted by molar-refractivity contribution is 6.42. The Kier molecular flexibility index (Phi) is 6.40. The van der Waals surface area contributed by atoms with Gasteiger partial charge in [0, 0.05) is 48.8 Å². The predicted molar refractivity (Wildman–Crippen MR) is 135 cm³/mol. The molecule has 0 atom stereocenters. The maximum absolute atomic E-state index is 13.1. The Morgan fingerprint density at radius 1 is 1.00 bits per heavy atom. The summed E-state index contributed by atoms with van der Waals surface area (Å²) in [6, 6.07) is 11.1. The summed E-state index contributed by atoms with van der Waals surface area (Å²) < 4.78 is 5.74. The molecule has 2 aromatic carbocycles. The molecule has 1 saturated heterocycles. The maximum atomic E-state index is 13.1. The number of carbonyl (C=O) groups is 1. The average molecular weight is 520 g/mol. The van der Waals surface area contributed by atoms with E-state index in [4.69, 9.17) is 39.5 Å². The van der Waals surface area contributed by atoms with E-state index in [1.807, 2.05) is 12.1 Å². The number of ether oxygens (including phenoxy) is 1. The van der Waals surface area contributed by atoms with Crippen molar-refractivity contribution in [2.45, 2.75) is 0 Å². The number of nitrogens with zero attached hydrogens (tertiary/aromatic N) is 5. The lowest BCUT2D eigenvalue weighted by Crippen LogP contribution is -2.44. The van der Waals surface area contributed by atoms with Crippen LogP contribution in [0.3, 0.4) is 0 Å². The van der Waals surface area contributed by atoms with Crippen molar-refractivity contribution in [2.75, 3.05) is 55.1 Å². The molecule has 176 valence electrons. The summed E-state index contributed by atoms with van der Waals surface area (Å²) in [5.41, 5.74) is 2.55. The van der Waals surface area contributed by atoms with E-state index in [-0.39, 0.29) is 34.1 Å². The van der Waals surface area contributed by atoms with Crippen LogP contribution in [0.2, 0.25) is 15.1 Å². The molecule has 0 spiro atoms. The minimum Gasteiger partial charge on any atom is -0.455 e. The summed E-state index contributed by atoms with van der Waals surface area (Å²) in [4.78, 5) is 27.8. The van der Waals surface area contributed by atoms with Crippen molar-refractivity contribution in [1.82, 2.24) is 14.9 Å². The number of likely N-dealkylation sites (N-methyl/N-ethyl adjacent to an activating group) is 1. The number of rotatable bonds is 4. The summed E-state index contributed by atoms with van der Waals surface area (Å²) >= 11 is 18.5. The van der Waals surface area contributed by atoms with Gasteiger partial charge in [-0.15, -0.1) is 0 Å². The van der Waals surface area contributed by atoms with Gasteiger partial charge in [0.1, 0.15) is 5.56 Å². The van der Waals surface area contributed by atoms with E-state index < -0.39 is 0 Å². The summed E-state index contributed by atoms with van der Waals surface area (Å²) in [5.74, 6) is 0.152. The topological polar surface area (TPSA) is 73.8 Å². The second-order valence-electron chi connectivity index (χ2n) is 8.10. The summed E-state index contributed by atoms with van der Waals surface area (Å²) in [7, 11) is 2.14. The molecule has 3 heterocycles. The Morgan fingerprint density at radius 3 is 2.35 bits per heavy atom. The molecular weight excluding hydrogens is 499 g/mol. The van der Waals surface area contributed by atoms with Crippen LogP contribution in [-0.2, 0) is 0 Å². The van der Waals surface area contributed by atoms with E-state index in [1.165, 1.54) is 28.9 Å². The molecule has 2 aliphatic rings. The molecule has 0 unspecified atom stereocenters. The van der Waals surface area contributed by atoms with Crippen molar-refractivity contribution in [3.63, 3.8) is 0 Å². The minimum atomic E-state index is -0.365. The van der Waals surface area contributed by atoms with E-state index in [9.17, 15) is 4.79 Å². The van der Waals surface area contributed by atoms with Gasteiger partial charge in [-0.05, 0) is 43.4 Å². The SMILES string of the molecule is CN1CCN(c2ccc(Nc3ncc4c(n3)OCN(c3c(Cl)cc(Cl)cc3Cl)C4=O)cc2)CC1. The van der Waals surface area contributed by atoms with Crippen LogP contribution in [0.5, 0.6) is 5.88 Å². The van der Waals surface area contributed by atoms with Gasteiger partial charge in [-0.1, -0.05) is 34.8 Å². The fraction of sp³-hybridized carbons (Fsp3) is 0.261. The monoisotopic (exact) mass is 518 g/mol. The van der Waals surface area contributed by atoms with Crippen molar-refractivity contribution >= 4 is 63.7 Å². The van der Waals surface area contributed by atoms with E-state index in [0.29, 0.717) is 16.7 Å². The van der Waals surface area contributed by atoms with Crippen molar-refractivity contribution in [3.8, 4) is 5.88 Å². The summed E-state index contributed by atoms with van der Waals surface area (Å²) in [5, 5.41) is 4.03. The number of amides is 1. The number of benzene rings is 2. The molecule has 0 aliphatic carbocycles. The normalized spacial score (nSPS) is 16.3. The molecular formula is C23H21Cl3N6O2. The first-order valence-corrected chi connectivity index (χ1v) is 11.8. The lowest BCUT2D eigenvalue weighted by Gasteiger charge is -2.34. The van der Waals surface area contributed by atoms with Gasteiger partial charge in [0.25, 0.3) is 5.91 Å². The van der Waals surface area contributed by atoms with Crippen LogP contribution in [-0.4, -0.2) is 60.7 Å². The zero-order valence-electron chi connectivity index (χ0n) is 18.3. The van der Waals surface area contributed by atoms with Gasteiger partial charge in [-0.2, -0.15) is 4.98 Å². The molecule has 11 heteroatoms. The standard InChI is InChI=1S/C23H21Cl3N6O2/c1-30-6-8-31(9-7-30)16-4-2-15(3-5-16)28-23-27-12-17-21(29-23)34-13-32(22(17)33)20-18(25)10-14(24)11-19(20)26/h2-5,10-12H,6-9,13H2,1H3,(H,27,28,29). The number of hydrogen-bond donors (Lipinski definition) is 1. The minimum absolute atomic E-state index is 0.0942. The first-order chi connectivity index (χ1) is 16.4. The zero-order valence-corrected chi connectivity index (χ0v) is 20.5. The number of hydrogen-bond acceptors (Lipinski definition) is 7. The number of piperazine rings is 1. The molecule has 8 nitrogen and oxygen atoms in total. The van der Waals surface area contributed by atoms with Crippen molar-refractivity contribution < 1.29 is 9.53 Å². The third kappa shape index (κ3) is 4.59. The van der Waals surface area contributed by atoms with E-state index in [2.05, 4.69) is 44.3 Å². The highest BCUT2D eigenvalue weighted by atomic mass is 35.5. The fourth-order valence-electron chi connectivity index (χ4n) is 3.92. The van der Waals surface area contributed by atoms with E-state index in [0.717, 1.165) is 31.9 Å². The lowest BCUT2D eigenvalue weighted by molar-refractivity contribution is 0.0932. The first kappa shape index (κ1) is 23.0. The van der Waals surface area contributed by atoms with Gasteiger partial charge in [-0.25, -0.2) is 4.98 Å². The van der Waals surface area contributed by atoms with Gasteiger partial charge in [0.2, 0.25) is 11.8 Å². The van der Waals surface area contributed by atoms with E-state index >= 15 is 0 Å². The first-order valence-electron chi connectivity index (χ1n) is 10.7. The molecule has 0 radical (unpaired) electrons. The van der Waals surface area contributed by atoms with Gasteiger partial charge in [-0.3, -0.25) is 9.69 Å². The molecule has 0 bridgehead atoms. The Morgan fingerprint density at radius 2 is 1.68 bits per heavy atom. The summed E-state index contributed by atoms with van der Waals surface area (Å²) in [6.07, 6.45) is 1.43. The fourth-order valence-corrected chi connectivity index (χ4v) is 4.94. The van der Waals surface area contributed by atoms with Crippen LogP contribution >= 0.6 is 34.8 Å². The van der Waals surface area contributed by atoms with Crippen LogP contribution in [0.1, 0.15) is 10.4 Å². The van der Waals surface area contributed by atoms with Crippen LogP contribution in [0, 0.1) is 0 Å². The highest BCUT2D eigenvalue weighted by Gasteiger charge is 2.31. The Bertz CT molecular complexity index is 1210. The lowest BCUT2D eigenvalue weighted by atomic mass is 10.2. The molecule has 1 fully saturated rings. The van der Waals surface area contributed by atoms with Crippen molar-refractivity contribution in [1.29, 1.82) is 0 Å². The second-order valence-corrected chi connectivity index (χ2v) is 9.35. The molecule has 1 N–H and O–H groups in total. The smallest absolute Gasteiger partial charge is 0.268 e.